The summed E-state index contributed by atoms with van der Waals surface area (Å²) in [4.78, 5) is 13.4. The quantitative estimate of drug-likeness (QED) is 0.383. The number of hydrogen-bond acceptors (Lipinski definition) is 5. The summed E-state index contributed by atoms with van der Waals surface area (Å²) in [6.45, 7) is 13.2. The minimum atomic E-state index is -0.313. The molecule has 34 heavy (non-hydrogen) atoms. The lowest BCUT2D eigenvalue weighted by molar-refractivity contribution is 0.0972. The van der Waals surface area contributed by atoms with Crippen LogP contribution in [-0.2, 0) is 17.4 Å². The molecule has 0 bridgehead atoms. The van der Waals surface area contributed by atoms with E-state index < -0.39 is 0 Å². The van der Waals surface area contributed by atoms with Crippen molar-refractivity contribution in [3.8, 4) is 17.2 Å². The van der Waals surface area contributed by atoms with E-state index in [1.165, 1.54) is 0 Å². The molecule has 1 aliphatic heterocycles. The van der Waals surface area contributed by atoms with Crippen LogP contribution in [0.2, 0.25) is 0 Å². The van der Waals surface area contributed by atoms with Gasteiger partial charge in [0, 0.05) is 33.7 Å². The number of nitrogen functional groups attached to an aromatic ring is 1. The minimum absolute atomic E-state index is 0.0712. The van der Waals surface area contributed by atoms with Crippen molar-refractivity contribution in [3.05, 3.63) is 59.3 Å². The van der Waals surface area contributed by atoms with Crippen molar-refractivity contribution < 1.29 is 19.4 Å². The largest absolute Gasteiger partial charge is 0.507 e. The summed E-state index contributed by atoms with van der Waals surface area (Å²) in [6.07, 6.45) is 5.70. The van der Waals surface area contributed by atoms with E-state index in [2.05, 4.69) is 0 Å². The fourth-order valence-electron chi connectivity index (χ4n) is 4.25. The molecular weight excluding hydrogens is 428 g/mol. The van der Waals surface area contributed by atoms with Gasteiger partial charge < -0.3 is 24.9 Å². The fourth-order valence-corrected chi connectivity index (χ4v) is 4.25. The standard InChI is InChI=1S/C28H34N2O4/c1-27(2,3)20-11-17(12-21(25(20)32)28(4,5)6)22(31)16-30-15-18-13-23-24(14-19(18)26(30)29)34-10-8-7-9-33-23/h7-8,11-15,32H,9-10,16,29H2,1-6H3. The topological polar surface area (TPSA) is 86.7 Å². The molecule has 3 aromatic rings. The van der Waals surface area contributed by atoms with Gasteiger partial charge in [-0.3, -0.25) is 4.79 Å². The first-order chi connectivity index (χ1) is 15.9. The molecule has 0 radical (unpaired) electrons. The number of benzene rings is 2. The summed E-state index contributed by atoms with van der Waals surface area (Å²) in [5, 5.41) is 12.7. The number of aromatic hydroxyl groups is 1. The van der Waals surface area contributed by atoms with Crippen LogP contribution in [0.15, 0.2) is 42.6 Å². The number of phenols is 1. The molecule has 2 aromatic carbocycles. The average Bonchev–Trinajstić information content (AvgIpc) is 3.00. The second-order valence-corrected chi connectivity index (χ2v) is 11.0. The Kier molecular flexibility index (Phi) is 5.88. The molecular formula is C28H34N2O4. The van der Waals surface area contributed by atoms with Crippen LogP contribution in [-0.4, -0.2) is 28.7 Å². The van der Waals surface area contributed by atoms with Crippen molar-refractivity contribution >= 4 is 22.4 Å². The van der Waals surface area contributed by atoms with Crippen LogP contribution in [0.3, 0.4) is 0 Å². The Morgan fingerprint density at radius 3 is 2.00 bits per heavy atom. The molecule has 0 spiro atoms. The molecule has 0 saturated carbocycles. The van der Waals surface area contributed by atoms with Gasteiger partial charge >= 0.3 is 0 Å². The zero-order valence-corrected chi connectivity index (χ0v) is 20.9. The van der Waals surface area contributed by atoms with Crippen LogP contribution in [0.25, 0.3) is 10.8 Å². The van der Waals surface area contributed by atoms with Crippen molar-refractivity contribution in [2.24, 2.45) is 0 Å². The first kappa shape index (κ1) is 23.7. The number of ether oxygens (including phenoxy) is 2. The SMILES string of the molecule is CC(C)(C)c1cc(C(=O)Cn2cc3cc4c(cc3c2N)OCC=CCO4)cc(C(C)(C)C)c1O. The van der Waals surface area contributed by atoms with Crippen molar-refractivity contribution in [2.75, 3.05) is 18.9 Å². The van der Waals surface area contributed by atoms with Gasteiger partial charge in [-0.2, -0.15) is 0 Å². The van der Waals surface area contributed by atoms with Gasteiger partial charge in [0.2, 0.25) is 0 Å². The number of carbonyl (C=O) groups excluding carboxylic acids is 1. The summed E-state index contributed by atoms with van der Waals surface area (Å²) >= 11 is 0. The van der Waals surface area contributed by atoms with Gasteiger partial charge in [0.25, 0.3) is 0 Å². The highest BCUT2D eigenvalue weighted by Crippen LogP contribution is 2.40. The lowest BCUT2D eigenvalue weighted by Crippen LogP contribution is -2.20. The van der Waals surface area contributed by atoms with Crippen molar-refractivity contribution in [1.82, 2.24) is 4.57 Å². The van der Waals surface area contributed by atoms with Gasteiger partial charge in [0.05, 0.1) is 6.54 Å². The Hall–Kier alpha value is -3.41. The molecule has 1 aliphatic rings. The zero-order chi connectivity index (χ0) is 24.8. The normalized spacial score (nSPS) is 14.2. The molecule has 6 heteroatoms. The Labute approximate surface area is 201 Å². The van der Waals surface area contributed by atoms with Gasteiger partial charge in [-0.15, -0.1) is 0 Å². The van der Waals surface area contributed by atoms with E-state index in [0.717, 1.165) is 21.9 Å². The summed E-state index contributed by atoms with van der Waals surface area (Å²) < 4.78 is 13.3. The number of carbonyl (C=O) groups is 1. The lowest BCUT2D eigenvalue weighted by Gasteiger charge is -2.28. The number of fused-ring (bicyclic) bond motifs is 2. The maximum absolute atomic E-state index is 13.4. The molecule has 2 heterocycles. The molecule has 0 atom stereocenters. The van der Waals surface area contributed by atoms with E-state index in [-0.39, 0.29) is 28.9 Å². The Morgan fingerprint density at radius 1 is 0.941 bits per heavy atom. The first-order valence-electron chi connectivity index (χ1n) is 11.6. The van der Waals surface area contributed by atoms with Crippen LogP contribution in [0.5, 0.6) is 17.2 Å². The van der Waals surface area contributed by atoms with E-state index in [4.69, 9.17) is 15.2 Å². The summed E-state index contributed by atoms with van der Waals surface area (Å²) in [5.74, 6) is 1.98. The van der Waals surface area contributed by atoms with Gasteiger partial charge in [0.15, 0.2) is 17.3 Å². The summed E-state index contributed by atoms with van der Waals surface area (Å²) in [5.41, 5.74) is 7.91. The number of phenolic OH excluding ortho intramolecular Hbond substituents is 1. The molecule has 0 saturated heterocycles. The third-order valence-corrected chi connectivity index (χ3v) is 6.19. The number of aromatic nitrogens is 1. The fraction of sp³-hybridized carbons (Fsp3) is 0.393. The highest BCUT2D eigenvalue weighted by Gasteiger charge is 2.28. The van der Waals surface area contributed by atoms with E-state index in [1.54, 1.807) is 4.57 Å². The number of ketones is 1. The molecule has 6 nitrogen and oxygen atoms in total. The number of Topliss-reactive ketones (excluding diaryl/α,β-unsaturated/α-hetero) is 1. The molecule has 0 amide bonds. The Morgan fingerprint density at radius 2 is 1.47 bits per heavy atom. The van der Waals surface area contributed by atoms with Crippen molar-refractivity contribution in [2.45, 2.75) is 58.9 Å². The maximum Gasteiger partial charge on any atom is 0.182 e. The third-order valence-electron chi connectivity index (χ3n) is 6.19. The van der Waals surface area contributed by atoms with Gasteiger partial charge in [0.1, 0.15) is 24.8 Å². The number of nitrogens with zero attached hydrogens (tertiary/aromatic N) is 1. The second kappa shape index (κ2) is 8.42. The van der Waals surface area contributed by atoms with Crippen LogP contribution >= 0.6 is 0 Å². The number of rotatable bonds is 3. The molecule has 0 unspecified atom stereocenters. The molecule has 0 aliphatic carbocycles. The first-order valence-corrected chi connectivity index (χ1v) is 11.6. The second-order valence-electron chi connectivity index (χ2n) is 11.0. The lowest BCUT2D eigenvalue weighted by atomic mass is 9.78. The van der Waals surface area contributed by atoms with E-state index in [1.807, 2.05) is 84.2 Å². The number of hydrogen-bond donors (Lipinski definition) is 2. The highest BCUT2D eigenvalue weighted by molar-refractivity contribution is 5.99. The third kappa shape index (κ3) is 4.49. The predicted octanol–water partition coefficient (Wildman–Crippen LogP) is 5.73. The number of nitrogens with two attached hydrogens (primary N) is 1. The Balaban J connectivity index is 1.73. The van der Waals surface area contributed by atoms with Crippen LogP contribution in [0.4, 0.5) is 5.82 Å². The van der Waals surface area contributed by atoms with E-state index in [0.29, 0.717) is 36.1 Å². The maximum atomic E-state index is 13.4. The highest BCUT2D eigenvalue weighted by atomic mass is 16.5. The van der Waals surface area contributed by atoms with Crippen molar-refractivity contribution in [1.29, 1.82) is 0 Å². The van der Waals surface area contributed by atoms with Gasteiger partial charge in [-0.1, -0.05) is 41.5 Å². The molecule has 4 rings (SSSR count). The average molecular weight is 463 g/mol. The van der Waals surface area contributed by atoms with Crippen LogP contribution in [0, 0.1) is 0 Å². The minimum Gasteiger partial charge on any atom is -0.507 e. The molecule has 1 aromatic heterocycles. The predicted molar refractivity (Wildman–Crippen MR) is 136 cm³/mol. The molecule has 0 fully saturated rings. The molecule has 180 valence electrons. The van der Waals surface area contributed by atoms with Gasteiger partial charge in [-0.05, 0) is 47.2 Å². The van der Waals surface area contributed by atoms with Crippen molar-refractivity contribution in [3.63, 3.8) is 0 Å². The summed E-state index contributed by atoms with van der Waals surface area (Å²) in [6, 6.07) is 7.40. The zero-order valence-electron chi connectivity index (χ0n) is 20.9. The summed E-state index contributed by atoms with van der Waals surface area (Å²) in [7, 11) is 0. The van der Waals surface area contributed by atoms with E-state index >= 15 is 0 Å². The number of anilines is 1. The van der Waals surface area contributed by atoms with Crippen LogP contribution in [0.1, 0.15) is 63.0 Å². The molecule has 3 N–H and O–H groups in total. The van der Waals surface area contributed by atoms with Gasteiger partial charge in [-0.25, -0.2) is 0 Å². The smallest absolute Gasteiger partial charge is 0.182 e. The monoisotopic (exact) mass is 462 g/mol. The van der Waals surface area contributed by atoms with Crippen LogP contribution < -0.4 is 15.2 Å². The van der Waals surface area contributed by atoms with E-state index in [9.17, 15) is 9.90 Å². The Bertz CT molecular complexity index is 1250.